The summed E-state index contributed by atoms with van der Waals surface area (Å²) in [6.07, 6.45) is 4.82. The van der Waals surface area contributed by atoms with Gasteiger partial charge in [0, 0.05) is 18.5 Å². The first kappa shape index (κ1) is 14.8. The van der Waals surface area contributed by atoms with E-state index in [1.54, 1.807) is 6.20 Å². The fourth-order valence-corrected chi connectivity index (χ4v) is 3.30. The number of pyridine rings is 1. The highest BCUT2D eigenvalue weighted by atomic mass is 16.5. The van der Waals surface area contributed by atoms with Gasteiger partial charge in [-0.2, -0.15) is 10.1 Å². The van der Waals surface area contributed by atoms with Crippen LogP contribution in [-0.2, 0) is 6.54 Å². The van der Waals surface area contributed by atoms with Crippen molar-refractivity contribution in [3.63, 3.8) is 0 Å². The van der Waals surface area contributed by atoms with Gasteiger partial charge in [0.1, 0.15) is 0 Å². The third kappa shape index (κ3) is 2.26. The molecule has 0 radical (unpaired) electrons. The van der Waals surface area contributed by atoms with Crippen LogP contribution >= 0.6 is 0 Å². The molecule has 3 aromatic heterocycles. The Morgan fingerprint density at radius 2 is 2.33 bits per heavy atom. The van der Waals surface area contributed by atoms with E-state index in [4.69, 9.17) is 4.52 Å². The molecule has 1 saturated heterocycles. The number of fused-ring (bicyclic) bond motifs is 1. The van der Waals surface area contributed by atoms with Gasteiger partial charge in [0.15, 0.2) is 11.5 Å². The number of aromatic nitrogens is 5. The first-order valence-electron chi connectivity index (χ1n) is 8.09. The van der Waals surface area contributed by atoms with Crippen LogP contribution in [-0.4, -0.2) is 42.3 Å². The molecule has 124 valence electrons. The molecular formula is C16H18N6O2. The van der Waals surface area contributed by atoms with Gasteiger partial charge in [-0.15, -0.1) is 0 Å². The summed E-state index contributed by atoms with van der Waals surface area (Å²) >= 11 is 0. The summed E-state index contributed by atoms with van der Waals surface area (Å²) in [5.41, 5.74) is 2.12. The molecule has 24 heavy (non-hydrogen) atoms. The standard InChI is InChI=1S/C16H18N6O2/c1-3-22-15-11(8-18-22)7-12(10(2)19-15)16(23)21-6-4-5-13(21)14-17-9-24-20-14/h7-9,13H,3-6H2,1-2H3/t13-/m0/s1. The van der Waals surface area contributed by atoms with Crippen molar-refractivity contribution < 1.29 is 9.32 Å². The Hall–Kier alpha value is -2.77. The molecule has 1 atom stereocenters. The number of nitrogens with zero attached hydrogens (tertiary/aromatic N) is 6. The van der Waals surface area contributed by atoms with Crippen molar-refractivity contribution in [1.82, 2.24) is 29.8 Å². The lowest BCUT2D eigenvalue weighted by atomic mass is 10.1. The van der Waals surface area contributed by atoms with E-state index in [2.05, 4.69) is 20.2 Å². The minimum Gasteiger partial charge on any atom is -0.343 e. The van der Waals surface area contributed by atoms with Crippen LogP contribution < -0.4 is 0 Å². The molecule has 1 amide bonds. The molecule has 3 aromatic rings. The fourth-order valence-electron chi connectivity index (χ4n) is 3.30. The third-order valence-corrected chi connectivity index (χ3v) is 4.52. The van der Waals surface area contributed by atoms with Gasteiger partial charge in [-0.3, -0.25) is 4.79 Å². The second-order valence-electron chi connectivity index (χ2n) is 5.94. The van der Waals surface area contributed by atoms with Gasteiger partial charge in [-0.05, 0) is 32.8 Å². The Balaban J connectivity index is 1.71. The molecule has 0 unspecified atom stereocenters. The van der Waals surface area contributed by atoms with Crippen molar-refractivity contribution in [3.8, 4) is 0 Å². The second-order valence-corrected chi connectivity index (χ2v) is 5.94. The van der Waals surface area contributed by atoms with E-state index in [1.165, 1.54) is 6.39 Å². The Morgan fingerprint density at radius 1 is 1.46 bits per heavy atom. The third-order valence-electron chi connectivity index (χ3n) is 4.52. The highest BCUT2D eigenvalue weighted by Gasteiger charge is 2.34. The monoisotopic (exact) mass is 326 g/mol. The fraction of sp³-hybridized carbons (Fsp3) is 0.438. The summed E-state index contributed by atoms with van der Waals surface area (Å²) in [6.45, 7) is 5.31. The second kappa shape index (κ2) is 5.70. The van der Waals surface area contributed by atoms with Crippen LogP contribution in [0.4, 0.5) is 0 Å². The summed E-state index contributed by atoms with van der Waals surface area (Å²) < 4.78 is 6.66. The lowest BCUT2D eigenvalue weighted by molar-refractivity contribution is 0.0727. The van der Waals surface area contributed by atoms with Gasteiger partial charge in [-0.1, -0.05) is 5.16 Å². The summed E-state index contributed by atoms with van der Waals surface area (Å²) in [5, 5.41) is 9.08. The van der Waals surface area contributed by atoms with Gasteiger partial charge in [-0.25, -0.2) is 9.67 Å². The number of hydrogen-bond acceptors (Lipinski definition) is 6. The predicted octanol–water partition coefficient (Wildman–Crippen LogP) is 2.12. The maximum Gasteiger partial charge on any atom is 0.256 e. The minimum absolute atomic E-state index is 0.0431. The van der Waals surface area contributed by atoms with E-state index >= 15 is 0 Å². The molecule has 1 fully saturated rings. The predicted molar refractivity (Wildman–Crippen MR) is 85.2 cm³/mol. The van der Waals surface area contributed by atoms with Crippen LogP contribution in [0.1, 0.15) is 47.7 Å². The molecule has 1 aliphatic rings. The van der Waals surface area contributed by atoms with Crippen molar-refractivity contribution in [2.75, 3.05) is 6.54 Å². The maximum absolute atomic E-state index is 13.1. The molecule has 8 nitrogen and oxygen atoms in total. The molecule has 4 rings (SSSR count). The lowest BCUT2D eigenvalue weighted by Gasteiger charge is -2.22. The normalized spacial score (nSPS) is 17.8. The number of hydrogen-bond donors (Lipinski definition) is 0. The van der Waals surface area contributed by atoms with E-state index in [-0.39, 0.29) is 11.9 Å². The molecule has 0 aliphatic carbocycles. The molecule has 4 heterocycles. The number of carbonyl (C=O) groups is 1. The van der Waals surface area contributed by atoms with Crippen molar-refractivity contribution in [1.29, 1.82) is 0 Å². The Labute approximate surface area is 138 Å². The number of likely N-dealkylation sites (tertiary alicyclic amines) is 1. The zero-order chi connectivity index (χ0) is 16.7. The zero-order valence-electron chi connectivity index (χ0n) is 13.6. The van der Waals surface area contributed by atoms with Gasteiger partial charge >= 0.3 is 0 Å². The van der Waals surface area contributed by atoms with Gasteiger partial charge in [0.2, 0.25) is 6.39 Å². The van der Waals surface area contributed by atoms with Crippen LogP contribution in [0, 0.1) is 6.92 Å². The topological polar surface area (TPSA) is 89.9 Å². The zero-order valence-corrected chi connectivity index (χ0v) is 13.6. The molecule has 0 bridgehead atoms. The molecule has 8 heteroatoms. The van der Waals surface area contributed by atoms with E-state index in [1.807, 2.05) is 29.5 Å². The van der Waals surface area contributed by atoms with E-state index < -0.39 is 0 Å². The van der Waals surface area contributed by atoms with Crippen molar-refractivity contribution in [3.05, 3.63) is 35.7 Å². The highest BCUT2D eigenvalue weighted by molar-refractivity contribution is 5.98. The maximum atomic E-state index is 13.1. The summed E-state index contributed by atoms with van der Waals surface area (Å²) in [4.78, 5) is 23.6. The van der Waals surface area contributed by atoms with E-state index in [9.17, 15) is 4.79 Å². The van der Waals surface area contributed by atoms with Crippen molar-refractivity contribution in [2.24, 2.45) is 0 Å². The average Bonchev–Trinajstić information content (AvgIpc) is 3.32. The van der Waals surface area contributed by atoms with Gasteiger partial charge in [0.05, 0.1) is 23.5 Å². The molecule has 1 aliphatic heterocycles. The van der Waals surface area contributed by atoms with Crippen molar-refractivity contribution in [2.45, 2.75) is 39.3 Å². The van der Waals surface area contributed by atoms with Crippen LogP contribution in [0.25, 0.3) is 11.0 Å². The number of amides is 1. The van der Waals surface area contributed by atoms with Crippen LogP contribution in [0.2, 0.25) is 0 Å². The number of carbonyl (C=O) groups excluding carboxylic acids is 1. The van der Waals surface area contributed by atoms with Crippen molar-refractivity contribution >= 4 is 16.9 Å². The largest absolute Gasteiger partial charge is 0.343 e. The summed E-state index contributed by atoms with van der Waals surface area (Å²) in [5.74, 6) is 0.518. The van der Waals surface area contributed by atoms with E-state index in [0.717, 1.165) is 30.4 Å². The SMILES string of the molecule is CCn1ncc2cc(C(=O)N3CCC[C@H]3c3ncon3)c(C)nc21. The minimum atomic E-state index is -0.135. The molecule has 0 spiro atoms. The molecule has 0 aromatic carbocycles. The van der Waals surface area contributed by atoms with Crippen LogP contribution in [0.5, 0.6) is 0 Å². The van der Waals surface area contributed by atoms with Crippen LogP contribution in [0.3, 0.4) is 0 Å². The Kier molecular flexibility index (Phi) is 3.51. The molecule has 0 N–H and O–H groups in total. The smallest absolute Gasteiger partial charge is 0.256 e. The van der Waals surface area contributed by atoms with E-state index in [0.29, 0.717) is 23.6 Å². The van der Waals surface area contributed by atoms with Crippen LogP contribution in [0.15, 0.2) is 23.2 Å². The van der Waals surface area contributed by atoms with Gasteiger partial charge < -0.3 is 9.42 Å². The first-order valence-corrected chi connectivity index (χ1v) is 8.09. The summed E-state index contributed by atoms with van der Waals surface area (Å²) in [6, 6.07) is 1.75. The highest BCUT2D eigenvalue weighted by Crippen LogP contribution is 2.32. The van der Waals surface area contributed by atoms with Gasteiger partial charge in [0.25, 0.3) is 5.91 Å². The first-order chi connectivity index (χ1) is 11.7. The average molecular weight is 326 g/mol. The lowest BCUT2D eigenvalue weighted by Crippen LogP contribution is -2.31. The Bertz CT molecular complexity index is 885. The molecular weight excluding hydrogens is 308 g/mol. The summed E-state index contributed by atoms with van der Waals surface area (Å²) in [7, 11) is 0. The Morgan fingerprint density at radius 3 is 3.08 bits per heavy atom. The molecule has 0 saturated carbocycles. The quantitative estimate of drug-likeness (QED) is 0.732. The number of rotatable bonds is 3. The number of aryl methyl sites for hydroxylation is 2.